The molecule has 0 saturated heterocycles. The molecule has 0 bridgehead atoms. The first-order chi connectivity index (χ1) is 14.5. The maximum absolute atomic E-state index is 12.3. The summed E-state index contributed by atoms with van der Waals surface area (Å²) in [5.74, 6) is -0.0135. The van der Waals surface area contributed by atoms with E-state index in [0.717, 1.165) is 10.0 Å². The molecule has 152 valence electrons. The lowest BCUT2D eigenvalue weighted by atomic mass is 10.2. The van der Waals surface area contributed by atoms with Crippen LogP contribution in [0.2, 0.25) is 0 Å². The largest absolute Gasteiger partial charge is 0.496 e. The van der Waals surface area contributed by atoms with Gasteiger partial charge in [-0.25, -0.2) is 10.2 Å². The highest BCUT2D eigenvalue weighted by Crippen LogP contribution is 2.23. The molecule has 0 atom stereocenters. The van der Waals surface area contributed by atoms with Crippen molar-refractivity contribution in [3.8, 4) is 11.5 Å². The first-order valence-corrected chi connectivity index (χ1v) is 10.3. The quantitative estimate of drug-likeness (QED) is 0.205. The van der Waals surface area contributed by atoms with E-state index >= 15 is 0 Å². The first kappa shape index (κ1) is 21.7. The highest BCUT2D eigenvalue weighted by atomic mass is 79.9. The number of hydrogen-bond donors (Lipinski definition) is 1. The summed E-state index contributed by atoms with van der Waals surface area (Å²) < 4.78 is 12.0. The number of benzene rings is 3. The molecule has 0 aliphatic rings. The number of esters is 1. The zero-order chi connectivity index (χ0) is 21.5. The number of carbonyl (C=O) groups is 2. The lowest BCUT2D eigenvalue weighted by Gasteiger charge is -2.07. The van der Waals surface area contributed by atoms with E-state index in [4.69, 9.17) is 9.47 Å². The smallest absolute Gasteiger partial charge is 0.344 e. The molecule has 3 aromatic rings. The second-order valence-electron chi connectivity index (χ2n) is 5.98. The molecular formula is C22H16Br2N2O4. The number of hydrazone groups is 1. The molecule has 0 saturated carbocycles. The van der Waals surface area contributed by atoms with Gasteiger partial charge in [0.1, 0.15) is 11.5 Å². The third kappa shape index (κ3) is 5.55. The van der Waals surface area contributed by atoms with Crippen LogP contribution in [0.1, 0.15) is 26.3 Å². The summed E-state index contributed by atoms with van der Waals surface area (Å²) in [6, 6.07) is 18.9. The fraction of sp³-hybridized carbons (Fsp3) is 0.0455. The van der Waals surface area contributed by atoms with E-state index in [2.05, 4.69) is 42.4 Å². The van der Waals surface area contributed by atoms with Gasteiger partial charge in [-0.3, -0.25) is 4.79 Å². The fourth-order valence-electron chi connectivity index (χ4n) is 2.49. The number of rotatable bonds is 6. The van der Waals surface area contributed by atoms with Crippen LogP contribution >= 0.6 is 31.9 Å². The zero-order valence-electron chi connectivity index (χ0n) is 15.8. The van der Waals surface area contributed by atoms with Gasteiger partial charge < -0.3 is 9.47 Å². The van der Waals surface area contributed by atoms with E-state index in [0.29, 0.717) is 27.1 Å². The van der Waals surface area contributed by atoms with E-state index in [1.807, 2.05) is 6.07 Å². The summed E-state index contributed by atoms with van der Waals surface area (Å²) in [7, 11) is 1.49. The molecule has 3 rings (SSSR count). The van der Waals surface area contributed by atoms with E-state index in [1.54, 1.807) is 60.7 Å². The molecule has 0 unspecified atom stereocenters. The topological polar surface area (TPSA) is 77.0 Å². The van der Waals surface area contributed by atoms with Gasteiger partial charge in [0, 0.05) is 8.95 Å². The fourth-order valence-corrected chi connectivity index (χ4v) is 3.30. The Morgan fingerprint density at radius 1 is 0.967 bits per heavy atom. The maximum atomic E-state index is 12.3. The summed E-state index contributed by atoms with van der Waals surface area (Å²) in [6.07, 6.45) is 1.49. The number of nitrogens with zero attached hydrogens (tertiary/aromatic N) is 1. The SMILES string of the molecule is COc1ccc(Br)cc1C(=O)N/N=C\c1ccc(OC(=O)c2ccccc2Br)cc1. The van der Waals surface area contributed by atoms with Crippen molar-refractivity contribution in [3.05, 3.63) is 92.4 Å². The average Bonchev–Trinajstić information content (AvgIpc) is 2.75. The van der Waals surface area contributed by atoms with Crippen LogP contribution in [0.15, 0.2) is 80.8 Å². The van der Waals surface area contributed by atoms with Gasteiger partial charge in [0.2, 0.25) is 0 Å². The molecule has 0 aliphatic heterocycles. The Morgan fingerprint density at radius 3 is 2.40 bits per heavy atom. The Morgan fingerprint density at radius 2 is 1.70 bits per heavy atom. The van der Waals surface area contributed by atoms with Gasteiger partial charge >= 0.3 is 5.97 Å². The van der Waals surface area contributed by atoms with Crippen molar-refractivity contribution in [1.82, 2.24) is 5.43 Å². The monoisotopic (exact) mass is 530 g/mol. The highest BCUT2D eigenvalue weighted by molar-refractivity contribution is 9.10. The summed E-state index contributed by atoms with van der Waals surface area (Å²) in [5, 5.41) is 3.96. The number of nitrogens with one attached hydrogen (secondary N) is 1. The number of amides is 1. The molecule has 8 heteroatoms. The molecule has 0 spiro atoms. The molecule has 30 heavy (non-hydrogen) atoms. The number of halogens is 2. The number of ether oxygens (including phenoxy) is 2. The molecule has 0 aliphatic carbocycles. The van der Waals surface area contributed by atoms with E-state index in [9.17, 15) is 9.59 Å². The summed E-state index contributed by atoms with van der Waals surface area (Å²) in [6.45, 7) is 0. The van der Waals surface area contributed by atoms with Gasteiger partial charge in [-0.15, -0.1) is 0 Å². The molecule has 1 N–H and O–H groups in total. The van der Waals surface area contributed by atoms with Crippen LogP contribution in [-0.4, -0.2) is 25.2 Å². The summed E-state index contributed by atoms with van der Waals surface area (Å²) in [5.41, 5.74) is 3.98. The molecule has 0 aromatic heterocycles. The Labute approximate surface area is 190 Å². The van der Waals surface area contributed by atoms with Crippen LogP contribution in [0.5, 0.6) is 11.5 Å². The van der Waals surface area contributed by atoms with Crippen LogP contribution in [0.4, 0.5) is 0 Å². The Balaban J connectivity index is 1.61. The number of methoxy groups -OCH3 is 1. The van der Waals surface area contributed by atoms with Crippen molar-refractivity contribution < 1.29 is 19.1 Å². The van der Waals surface area contributed by atoms with E-state index in [-0.39, 0.29) is 0 Å². The van der Waals surface area contributed by atoms with Crippen molar-refractivity contribution in [3.63, 3.8) is 0 Å². The Hall–Kier alpha value is -2.97. The van der Waals surface area contributed by atoms with Crippen LogP contribution in [0.3, 0.4) is 0 Å². The number of carbonyl (C=O) groups excluding carboxylic acids is 2. The minimum atomic E-state index is -0.459. The first-order valence-electron chi connectivity index (χ1n) is 8.71. The molecule has 0 radical (unpaired) electrons. The second-order valence-corrected chi connectivity index (χ2v) is 7.75. The summed E-state index contributed by atoms with van der Waals surface area (Å²) in [4.78, 5) is 24.6. The predicted molar refractivity (Wildman–Crippen MR) is 121 cm³/mol. The van der Waals surface area contributed by atoms with Gasteiger partial charge in [0.15, 0.2) is 0 Å². The Kier molecular flexibility index (Phi) is 7.37. The Bertz CT molecular complexity index is 1100. The van der Waals surface area contributed by atoms with Gasteiger partial charge in [-0.1, -0.05) is 28.1 Å². The number of hydrogen-bond acceptors (Lipinski definition) is 5. The average molecular weight is 532 g/mol. The zero-order valence-corrected chi connectivity index (χ0v) is 18.9. The van der Waals surface area contributed by atoms with Crippen molar-refractivity contribution >= 4 is 50.0 Å². The van der Waals surface area contributed by atoms with E-state index < -0.39 is 11.9 Å². The van der Waals surface area contributed by atoms with Gasteiger partial charge in [-0.05, 0) is 76.1 Å². The van der Waals surface area contributed by atoms with Crippen molar-refractivity contribution in [2.75, 3.05) is 7.11 Å². The minimum Gasteiger partial charge on any atom is -0.496 e. The molecule has 0 fully saturated rings. The summed E-state index contributed by atoms with van der Waals surface area (Å²) >= 11 is 6.66. The molecule has 3 aromatic carbocycles. The van der Waals surface area contributed by atoms with Crippen LogP contribution in [-0.2, 0) is 0 Å². The van der Waals surface area contributed by atoms with Gasteiger partial charge in [0.25, 0.3) is 5.91 Å². The minimum absolute atomic E-state index is 0.360. The third-order valence-corrected chi connectivity index (χ3v) is 5.16. The molecule has 0 heterocycles. The van der Waals surface area contributed by atoms with Crippen LogP contribution in [0.25, 0.3) is 0 Å². The molecule has 6 nitrogen and oxygen atoms in total. The standard InChI is InChI=1S/C22H16Br2N2O4/c1-29-20-11-8-15(23)12-18(20)21(27)26-25-13-14-6-9-16(10-7-14)30-22(28)17-4-2-3-5-19(17)24/h2-13H,1H3,(H,26,27)/b25-13-. The molecule has 1 amide bonds. The normalized spacial score (nSPS) is 10.6. The second kappa shape index (κ2) is 10.2. The van der Waals surface area contributed by atoms with Gasteiger partial charge in [-0.2, -0.15) is 5.10 Å². The highest BCUT2D eigenvalue weighted by Gasteiger charge is 2.13. The third-order valence-electron chi connectivity index (χ3n) is 3.97. The van der Waals surface area contributed by atoms with Crippen LogP contribution < -0.4 is 14.9 Å². The lowest BCUT2D eigenvalue weighted by Crippen LogP contribution is -2.18. The van der Waals surface area contributed by atoms with Crippen molar-refractivity contribution in [2.45, 2.75) is 0 Å². The molecular weight excluding hydrogens is 516 g/mol. The van der Waals surface area contributed by atoms with Crippen LogP contribution in [0, 0.1) is 0 Å². The van der Waals surface area contributed by atoms with E-state index in [1.165, 1.54) is 13.3 Å². The van der Waals surface area contributed by atoms with Crippen molar-refractivity contribution in [2.24, 2.45) is 5.10 Å². The van der Waals surface area contributed by atoms with Gasteiger partial charge in [0.05, 0.1) is 24.5 Å². The lowest BCUT2D eigenvalue weighted by molar-refractivity contribution is 0.0733. The maximum Gasteiger partial charge on any atom is 0.344 e. The van der Waals surface area contributed by atoms with Crippen molar-refractivity contribution in [1.29, 1.82) is 0 Å². The predicted octanol–water partition coefficient (Wildman–Crippen LogP) is 5.20.